The van der Waals surface area contributed by atoms with Crippen LogP contribution in [0.25, 0.3) is 0 Å². The van der Waals surface area contributed by atoms with Crippen LogP contribution < -0.4 is 0 Å². The van der Waals surface area contributed by atoms with Gasteiger partial charge in [0.1, 0.15) is 0 Å². The third kappa shape index (κ3) is 4.37. The number of benzene rings is 3. The summed E-state index contributed by atoms with van der Waals surface area (Å²) in [6, 6.07) is 28.2. The number of alkyl halides is 1. The van der Waals surface area contributed by atoms with Gasteiger partial charge in [0.05, 0.1) is 11.7 Å². The van der Waals surface area contributed by atoms with E-state index in [0.717, 1.165) is 16.0 Å². The molecule has 6 heteroatoms. The van der Waals surface area contributed by atoms with Crippen molar-refractivity contribution in [2.45, 2.75) is 27.7 Å². The van der Waals surface area contributed by atoms with Gasteiger partial charge in [-0.25, -0.2) is 4.79 Å². The third-order valence-electron chi connectivity index (χ3n) is 4.76. The summed E-state index contributed by atoms with van der Waals surface area (Å²) in [5.74, 6) is -1.30. The maximum atomic E-state index is 13.2. The molecule has 1 heterocycles. The van der Waals surface area contributed by atoms with Crippen molar-refractivity contribution in [2.75, 3.05) is 0 Å². The molecule has 0 aromatic heterocycles. The highest BCUT2D eigenvalue weighted by Gasteiger charge is 2.56. The van der Waals surface area contributed by atoms with Gasteiger partial charge < -0.3 is 9.47 Å². The maximum absolute atomic E-state index is 13.2. The van der Waals surface area contributed by atoms with Crippen LogP contribution in [0.5, 0.6) is 0 Å². The van der Waals surface area contributed by atoms with Crippen LogP contribution in [0.15, 0.2) is 95.9 Å². The van der Waals surface area contributed by atoms with E-state index >= 15 is 0 Å². The molecule has 2 unspecified atom stereocenters. The second-order valence-corrected chi connectivity index (χ2v) is 8.69. The molecular weight excluding hydrogens is 420 g/mol. The van der Waals surface area contributed by atoms with Crippen LogP contribution in [0.1, 0.15) is 23.7 Å². The number of rotatable bonds is 6. The highest BCUT2D eigenvalue weighted by Crippen LogP contribution is 2.44. The molecule has 3 aromatic rings. The molecule has 152 valence electrons. The first-order valence-corrected chi connectivity index (χ1v) is 10.8. The fraction of sp³-hybridized carbons (Fsp3) is 0.167. The number of ether oxygens (including phenoxy) is 2. The zero-order valence-electron chi connectivity index (χ0n) is 15.9. The summed E-state index contributed by atoms with van der Waals surface area (Å²) in [6.07, 6.45) is -0.642. The molecule has 4 nitrogen and oxygen atoms in total. The van der Waals surface area contributed by atoms with Gasteiger partial charge in [-0.05, 0) is 23.3 Å². The molecule has 30 heavy (non-hydrogen) atoms. The number of halogens is 1. The Bertz CT molecular complexity index is 974. The lowest BCUT2D eigenvalue weighted by Crippen LogP contribution is -2.42. The molecule has 2 atom stereocenters. The van der Waals surface area contributed by atoms with Crippen LogP contribution in [0.3, 0.4) is 0 Å². The predicted octanol–water partition coefficient (Wildman–Crippen LogP) is 5.36. The minimum absolute atomic E-state index is 0.0273. The Kier molecular flexibility index (Phi) is 6.11. The van der Waals surface area contributed by atoms with Gasteiger partial charge in [0.25, 0.3) is 5.06 Å². The van der Waals surface area contributed by atoms with Crippen molar-refractivity contribution >= 4 is 35.3 Å². The number of esters is 2. The molecular formula is C24H19ClO4S. The van der Waals surface area contributed by atoms with Crippen molar-refractivity contribution in [1.82, 2.24) is 0 Å². The average Bonchev–Trinajstić information content (AvgIpc) is 3.07. The summed E-state index contributed by atoms with van der Waals surface area (Å²) in [4.78, 5) is 26.2. The topological polar surface area (TPSA) is 52.6 Å². The van der Waals surface area contributed by atoms with Crippen molar-refractivity contribution < 1.29 is 19.1 Å². The van der Waals surface area contributed by atoms with Crippen LogP contribution in [0.2, 0.25) is 0 Å². The van der Waals surface area contributed by atoms with E-state index in [1.165, 1.54) is 11.8 Å². The van der Waals surface area contributed by atoms with Gasteiger partial charge in [-0.2, -0.15) is 0 Å². The second-order valence-electron chi connectivity index (χ2n) is 6.85. The number of hydrogen-bond acceptors (Lipinski definition) is 5. The van der Waals surface area contributed by atoms with E-state index < -0.39 is 28.4 Å². The number of thioether (sulfide) groups is 1. The van der Waals surface area contributed by atoms with E-state index in [2.05, 4.69) is 0 Å². The molecule has 1 fully saturated rings. The monoisotopic (exact) mass is 438 g/mol. The van der Waals surface area contributed by atoms with Crippen molar-refractivity contribution in [3.8, 4) is 0 Å². The van der Waals surface area contributed by atoms with Crippen LogP contribution in [-0.4, -0.2) is 22.2 Å². The Labute approximate surface area is 184 Å². The molecule has 1 saturated heterocycles. The molecule has 0 saturated carbocycles. The standard InChI is InChI=1S/C24H19ClO4S/c25-24(20(16-21(26)29-24)30-19-14-8-3-9-15-19)23(27)28-22(17-10-4-1-5-11-17)18-12-6-2-7-13-18/h1-15,20,22H,16H2. The first-order valence-electron chi connectivity index (χ1n) is 9.50. The van der Waals surface area contributed by atoms with Crippen LogP contribution >= 0.6 is 23.4 Å². The molecule has 0 aliphatic carbocycles. The largest absolute Gasteiger partial charge is 0.449 e. The lowest BCUT2D eigenvalue weighted by Gasteiger charge is -2.27. The number of carbonyl (C=O) groups excluding carboxylic acids is 2. The Morgan fingerprint density at radius 2 is 1.43 bits per heavy atom. The number of cyclic esters (lactones) is 1. The Balaban J connectivity index is 1.61. The smallest absolute Gasteiger partial charge is 0.369 e. The van der Waals surface area contributed by atoms with Gasteiger partial charge >= 0.3 is 11.9 Å². The summed E-state index contributed by atoms with van der Waals surface area (Å²) < 4.78 is 11.2. The average molecular weight is 439 g/mol. The van der Waals surface area contributed by atoms with E-state index in [1.54, 1.807) is 0 Å². The van der Waals surface area contributed by atoms with E-state index in [1.807, 2.05) is 91.0 Å². The quantitative estimate of drug-likeness (QED) is 0.383. The predicted molar refractivity (Wildman–Crippen MR) is 116 cm³/mol. The number of carbonyl (C=O) groups is 2. The Hall–Kier alpha value is -2.76. The van der Waals surface area contributed by atoms with E-state index in [-0.39, 0.29) is 6.42 Å². The van der Waals surface area contributed by atoms with Gasteiger partial charge in [0.15, 0.2) is 6.10 Å². The van der Waals surface area contributed by atoms with Crippen LogP contribution in [0.4, 0.5) is 0 Å². The lowest BCUT2D eigenvalue weighted by molar-refractivity contribution is -0.168. The molecule has 0 radical (unpaired) electrons. The minimum atomic E-state index is -1.89. The zero-order chi connectivity index (χ0) is 21.0. The fourth-order valence-electron chi connectivity index (χ4n) is 3.28. The Morgan fingerprint density at radius 3 is 1.97 bits per heavy atom. The summed E-state index contributed by atoms with van der Waals surface area (Å²) in [7, 11) is 0. The molecule has 0 N–H and O–H groups in total. The van der Waals surface area contributed by atoms with E-state index in [4.69, 9.17) is 21.1 Å². The first kappa shape index (κ1) is 20.5. The highest BCUT2D eigenvalue weighted by molar-refractivity contribution is 8.00. The fourth-order valence-corrected chi connectivity index (χ4v) is 4.78. The van der Waals surface area contributed by atoms with Gasteiger partial charge in [-0.15, -0.1) is 11.8 Å². The zero-order valence-corrected chi connectivity index (χ0v) is 17.5. The van der Waals surface area contributed by atoms with Crippen molar-refractivity contribution in [3.63, 3.8) is 0 Å². The second kappa shape index (κ2) is 8.94. The van der Waals surface area contributed by atoms with Gasteiger partial charge in [0, 0.05) is 4.90 Å². The van der Waals surface area contributed by atoms with E-state index in [0.29, 0.717) is 0 Å². The third-order valence-corrected chi connectivity index (χ3v) is 6.71. The maximum Gasteiger partial charge on any atom is 0.369 e. The molecule has 3 aromatic carbocycles. The van der Waals surface area contributed by atoms with Gasteiger partial charge in [-0.3, -0.25) is 4.79 Å². The molecule has 1 aliphatic heterocycles. The molecule has 1 aliphatic rings. The van der Waals surface area contributed by atoms with Crippen LogP contribution in [0, 0.1) is 0 Å². The molecule has 0 amide bonds. The first-order chi connectivity index (χ1) is 14.6. The molecule has 0 bridgehead atoms. The van der Waals surface area contributed by atoms with Crippen molar-refractivity contribution in [1.29, 1.82) is 0 Å². The lowest BCUT2D eigenvalue weighted by atomic mass is 10.0. The normalized spacial score (nSPS) is 20.7. The summed E-state index contributed by atoms with van der Waals surface area (Å²) in [6.45, 7) is 0. The van der Waals surface area contributed by atoms with Crippen LogP contribution in [-0.2, 0) is 19.1 Å². The van der Waals surface area contributed by atoms with Gasteiger partial charge in [0.2, 0.25) is 0 Å². The van der Waals surface area contributed by atoms with Gasteiger partial charge in [-0.1, -0.05) is 90.5 Å². The summed E-state index contributed by atoms with van der Waals surface area (Å²) in [5.41, 5.74) is 1.60. The minimum Gasteiger partial charge on any atom is -0.449 e. The highest BCUT2D eigenvalue weighted by atomic mass is 35.5. The van der Waals surface area contributed by atoms with E-state index in [9.17, 15) is 9.59 Å². The summed E-state index contributed by atoms with van der Waals surface area (Å²) in [5, 5.41) is -2.49. The molecule has 0 spiro atoms. The van der Waals surface area contributed by atoms with Crippen molar-refractivity contribution in [3.05, 3.63) is 102 Å². The summed E-state index contributed by atoms with van der Waals surface area (Å²) >= 11 is 7.94. The van der Waals surface area contributed by atoms with Crippen molar-refractivity contribution in [2.24, 2.45) is 0 Å². The molecule has 4 rings (SSSR count). The number of hydrogen-bond donors (Lipinski definition) is 0. The Morgan fingerprint density at radius 1 is 0.933 bits per heavy atom. The SMILES string of the molecule is O=C1CC(Sc2ccccc2)C(Cl)(C(=O)OC(c2ccccc2)c2ccccc2)O1.